The highest BCUT2D eigenvalue weighted by Gasteiger charge is 2.24. The highest BCUT2D eigenvalue weighted by molar-refractivity contribution is 5.94. The van der Waals surface area contributed by atoms with Crippen LogP contribution in [0.3, 0.4) is 0 Å². The van der Waals surface area contributed by atoms with E-state index in [4.69, 9.17) is 5.73 Å². The Morgan fingerprint density at radius 1 is 1.17 bits per heavy atom. The van der Waals surface area contributed by atoms with E-state index in [9.17, 15) is 9.59 Å². The van der Waals surface area contributed by atoms with E-state index >= 15 is 0 Å². The van der Waals surface area contributed by atoms with Crippen LogP contribution in [0.5, 0.6) is 0 Å². The van der Waals surface area contributed by atoms with Crippen molar-refractivity contribution in [3.05, 3.63) is 59.4 Å². The fourth-order valence-corrected chi connectivity index (χ4v) is 2.28. The predicted octanol–water partition coefficient (Wildman–Crippen LogP) is 2.38. The van der Waals surface area contributed by atoms with Gasteiger partial charge in [-0.3, -0.25) is 9.78 Å². The first-order chi connectivity index (χ1) is 11.1. The van der Waals surface area contributed by atoms with Gasteiger partial charge in [-0.05, 0) is 54.8 Å². The van der Waals surface area contributed by atoms with Crippen LogP contribution in [0.15, 0.2) is 42.6 Å². The lowest BCUT2D eigenvalue weighted by molar-refractivity contribution is 0.100. The predicted molar refractivity (Wildman–Crippen MR) is 87.0 cm³/mol. The summed E-state index contributed by atoms with van der Waals surface area (Å²) in [4.78, 5) is 27.2. The van der Waals surface area contributed by atoms with E-state index in [1.54, 1.807) is 30.5 Å². The highest BCUT2D eigenvalue weighted by atomic mass is 16.2. The maximum absolute atomic E-state index is 11.9. The summed E-state index contributed by atoms with van der Waals surface area (Å²) >= 11 is 0. The maximum atomic E-state index is 11.9. The quantitative estimate of drug-likeness (QED) is 0.791. The smallest absolute Gasteiger partial charge is 0.319 e. The summed E-state index contributed by atoms with van der Waals surface area (Å²) in [6.45, 7) is 0.438. The number of nitrogens with two attached hydrogens (primary N) is 1. The zero-order valence-electron chi connectivity index (χ0n) is 12.6. The maximum Gasteiger partial charge on any atom is 0.319 e. The van der Waals surface area contributed by atoms with Crippen molar-refractivity contribution in [3.8, 4) is 0 Å². The summed E-state index contributed by atoms with van der Waals surface area (Å²) in [5.41, 5.74) is 8.30. The number of nitrogens with zero attached hydrogens (tertiary/aromatic N) is 1. The van der Waals surface area contributed by atoms with Gasteiger partial charge >= 0.3 is 6.03 Å². The molecule has 6 heteroatoms. The van der Waals surface area contributed by atoms with Crippen LogP contribution in [0.1, 0.15) is 40.4 Å². The molecule has 0 atom stereocenters. The van der Waals surface area contributed by atoms with E-state index in [1.165, 1.54) is 12.8 Å². The number of aromatic nitrogens is 1. The summed E-state index contributed by atoms with van der Waals surface area (Å²) in [6.07, 6.45) is 4.18. The zero-order valence-corrected chi connectivity index (χ0v) is 12.6. The van der Waals surface area contributed by atoms with Crippen molar-refractivity contribution in [2.24, 2.45) is 5.73 Å². The fourth-order valence-electron chi connectivity index (χ4n) is 2.28. The van der Waals surface area contributed by atoms with Crippen molar-refractivity contribution in [1.29, 1.82) is 0 Å². The molecule has 1 heterocycles. The van der Waals surface area contributed by atoms with Gasteiger partial charge in [0.1, 0.15) is 0 Å². The largest absolute Gasteiger partial charge is 0.366 e. The first-order valence-corrected chi connectivity index (χ1v) is 7.51. The normalized spacial score (nSPS) is 13.4. The van der Waals surface area contributed by atoms with Crippen LogP contribution in [0, 0.1) is 0 Å². The molecule has 3 amide bonds. The minimum atomic E-state index is -0.495. The molecule has 0 saturated heterocycles. The van der Waals surface area contributed by atoms with Gasteiger partial charge < -0.3 is 16.4 Å². The van der Waals surface area contributed by atoms with Crippen molar-refractivity contribution < 1.29 is 9.59 Å². The Bertz CT molecular complexity index is 724. The van der Waals surface area contributed by atoms with Gasteiger partial charge in [-0.1, -0.05) is 0 Å². The molecule has 2 aromatic rings. The van der Waals surface area contributed by atoms with Gasteiger partial charge in [0.25, 0.3) is 0 Å². The van der Waals surface area contributed by atoms with Crippen LogP contribution in [-0.2, 0) is 6.54 Å². The minimum absolute atomic E-state index is 0.304. The summed E-state index contributed by atoms with van der Waals surface area (Å²) in [5, 5.41) is 5.51. The average molecular weight is 310 g/mol. The Kier molecular flexibility index (Phi) is 4.23. The highest BCUT2D eigenvalue weighted by Crippen LogP contribution is 2.38. The molecule has 1 aromatic heterocycles. The molecule has 6 nitrogen and oxygen atoms in total. The summed E-state index contributed by atoms with van der Waals surface area (Å²) < 4.78 is 0. The zero-order chi connectivity index (χ0) is 16.2. The second-order valence-corrected chi connectivity index (χ2v) is 5.61. The Morgan fingerprint density at radius 2 is 1.91 bits per heavy atom. The number of benzene rings is 1. The molecule has 0 spiro atoms. The monoisotopic (exact) mass is 310 g/mol. The van der Waals surface area contributed by atoms with Crippen LogP contribution in [0.4, 0.5) is 10.5 Å². The molecule has 23 heavy (non-hydrogen) atoms. The molecule has 0 bridgehead atoms. The summed E-state index contributed by atoms with van der Waals surface area (Å²) in [6, 6.07) is 10.1. The summed E-state index contributed by atoms with van der Waals surface area (Å²) in [7, 11) is 0. The average Bonchev–Trinajstić information content (AvgIpc) is 3.39. The topological polar surface area (TPSA) is 97.1 Å². The van der Waals surface area contributed by atoms with E-state index in [2.05, 4.69) is 15.6 Å². The first kappa shape index (κ1) is 15.0. The molecule has 118 valence electrons. The fraction of sp³-hybridized carbons (Fsp3) is 0.235. The number of carbonyl (C=O) groups is 2. The van der Waals surface area contributed by atoms with Crippen LogP contribution in [0.25, 0.3) is 0 Å². The van der Waals surface area contributed by atoms with E-state index in [1.807, 2.05) is 12.1 Å². The molecule has 3 rings (SSSR count). The van der Waals surface area contributed by atoms with Gasteiger partial charge in [0.15, 0.2) is 0 Å². The number of hydrogen-bond acceptors (Lipinski definition) is 3. The number of carbonyl (C=O) groups excluding carboxylic acids is 2. The molecule has 0 radical (unpaired) electrons. The number of rotatable bonds is 5. The molecule has 1 aromatic carbocycles. The third kappa shape index (κ3) is 4.06. The molecule has 0 unspecified atom stereocenters. The number of hydrogen-bond donors (Lipinski definition) is 3. The molecule has 1 saturated carbocycles. The number of primary amides is 1. The Labute approximate surface area is 134 Å². The van der Waals surface area contributed by atoms with E-state index < -0.39 is 5.91 Å². The van der Waals surface area contributed by atoms with Crippen LogP contribution in [0.2, 0.25) is 0 Å². The third-order valence-corrected chi connectivity index (χ3v) is 3.72. The van der Waals surface area contributed by atoms with Gasteiger partial charge in [-0.25, -0.2) is 4.79 Å². The standard InChI is InChI=1S/C17H18N4O2/c18-16(22)13-3-5-14(6-4-13)21-17(23)20-10-11-7-8-19-15(9-11)12-1-2-12/h3-9,12H,1-2,10H2,(H2,18,22)(H2,20,21,23). The molecule has 1 fully saturated rings. The number of anilines is 1. The van der Waals surface area contributed by atoms with Gasteiger partial charge in [0, 0.05) is 35.6 Å². The van der Waals surface area contributed by atoms with Crippen molar-refractivity contribution >= 4 is 17.6 Å². The Balaban J connectivity index is 1.53. The van der Waals surface area contributed by atoms with E-state index in [-0.39, 0.29) is 6.03 Å². The van der Waals surface area contributed by atoms with Crippen molar-refractivity contribution in [1.82, 2.24) is 10.3 Å². The molecule has 4 N–H and O–H groups in total. The number of urea groups is 1. The molecular weight excluding hydrogens is 292 g/mol. The van der Waals surface area contributed by atoms with E-state index in [0.717, 1.165) is 11.3 Å². The van der Waals surface area contributed by atoms with Gasteiger partial charge in [-0.15, -0.1) is 0 Å². The second-order valence-electron chi connectivity index (χ2n) is 5.61. The number of nitrogens with one attached hydrogen (secondary N) is 2. The first-order valence-electron chi connectivity index (χ1n) is 7.51. The third-order valence-electron chi connectivity index (χ3n) is 3.72. The minimum Gasteiger partial charge on any atom is -0.366 e. The Hall–Kier alpha value is -2.89. The van der Waals surface area contributed by atoms with Crippen LogP contribution >= 0.6 is 0 Å². The summed E-state index contributed by atoms with van der Waals surface area (Å²) in [5.74, 6) is 0.0951. The van der Waals surface area contributed by atoms with E-state index in [0.29, 0.717) is 23.7 Å². The molecule has 0 aliphatic heterocycles. The molecule has 1 aliphatic rings. The van der Waals surface area contributed by atoms with Crippen molar-refractivity contribution in [2.75, 3.05) is 5.32 Å². The van der Waals surface area contributed by atoms with Gasteiger partial charge in [0.05, 0.1) is 0 Å². The van der Waals surface area contributed by atoms with Crippen molar-refractivity contribution in [2.45, 2.75) is 25.3 Å². The van der Waals surface area contributed by atoms with Crippen LogP contribution < -0.4 is 16.4 Å². The number of pyridine rings is 1. The Morgan fingerprint density at radius 3 is 2.57 bits per heavy atom. The lowest BCUT2D eigenvalue weighted by Crippen LogP contribution is -2.28. The lowest BCUT2D eigenvalue weighted by Gasteiger charge is -2.09. The molecule has 1 aliphatic carbocycles. The SMILES string of the molecule is NC(=O)c1ccc(NC(=O)NCc2ccnc(C3CC3)c2)cc1. The van der Waals surface area contributed by atoms with Gasteiger partial charge in [-0.2, -0.15) is 0 Å². The molecular formula is C17H18N4O2. The lowest BCUT2D eigenvalue weighted by atomic mass is 10.2. The van der Waals surface area contributed by atoms with Crippen molar-refractivity contribution in [3.63, 3.8) is 0 Å². The number of amides is 3. The van der Waals surface area contributed by atoms with Crippen LogP contribution in [-0.4, -0.2) is 16.9 Å². The second kappa shape index (κ2) is 6.48. The van der Waals surface area contributed by atoms with Gasteiger partial charge in [0.2, 0.25) is 5.91 Å².